The van der Waals surface area contributed by atoms with E-state index in [1.54, 1.807) is 18.6 Å². The second kappa shape index (κ2) is 3.80. The van der Waals surface area contributed by atoms with E-state index in [0.717, 1.165) is 5.56 Å². The average molecular weight is 219 g/mol. The smallest absolute Gasteiger partial charge is 0.323 e. The quantitative estimate of drug-likeness (QED) is 0.782. The molecule has 1 N–H and O–H groups in total. The number of amides is 2. The molecule has 2 amide bonds. The molecule has 6 nitrogen and oxygen atoms in total. The van der Waals surface area contributed by atoms with Crippen molar-refractivity contribution < 1.29 is 4.79 Å². The van der Waals surface area contributed by atoms with Crippen LogP contribution in [0.25, 0.3) is 5.65 Å². The Morgan fingerprint density at radius 2 is 2.19 bits per heavy atom. The van der Waals surface area contributed by atoms with Crippen molar-refractivity contribution in [2.45, 2.75) is 6.92 Å². The number of rotatable bonds is 1. The summed E-state index contributed by atoms with van der Waals surface area (Å²) in [5, 5.41) is 6.74. The van der Waals surface area contributed by atoms with Crippen LogP contribution in [0.2, 0.25) is 0 Å². The summed E-state index contributed by atoms with van der Waals surface area (Å²) in [6, 6.07) is 3.56. The van der Waals surface area contributed by atoms with E-state index in [4.69, 9.17) is 0 Å². The minimum atomic E-state index is -0.243. The number of fused-ring (bicyclic) bond motifs is 1. The molecule has 2 heterocycles. The van der Waals surface area contributed by atoms with Gasteiger partial charge >= 0.3 is 6.03 Å². The van der Waals surface area contributed by atoms with Gasteiger partial charge in [0, 0.05) is 20.3 Å². The molecule has 16 heavy (non-hydrogen) atoms. The lowest BCUT2D eigenvalue weighted by Crippen LogP contribution is -2.27. The zero-order valence-corrected chi connectivity index (χ0v) is 9.43. The number of urea groups is 1. The van der Waals surface area contributed by atoms with Crippen molar-refractivity contribution in [2.24, 2.45) is 0 Å². The van der Waals surface area contributed by atoms with Crippen LogP contribution in [0, 0.1) is 6.92 Å². The maximum atomic E-state index is 11.4. The molecule has 0 fully saturated rings. The van der Waals surface area contributed by atoms with E-state index in [0.29, 0.717) is 11.6 Å². The first-order chi connectivity index (χ1) is 7.56. The molecule has 84 valence electrons. The Hall–Kier alpha value is -2.11. The summed E-state index contributed by atoms with van der Waals surface area (Å²) in [6.07, 6.45) is 1.85. The molecule has 0 aromatic carbocycles. The summed E-state index contributed by atoms with van der Waals surface area (Å²) < 4.78 is 1.64. The molecule has 0 bridgehead atoms. The van der Waals surface area contributed by atoms with E-state index in [9.17, 15) is 4.79 Å². The highest BCUT2D eigenvalue weighted by molar-refractivity contribution is 5.87. The number of aryl methyl sites for hydroxylation is 1. The van der Waals surface area contributed by atoms with E-state index in [-0.39, 0.29) is 6.03 Å². The predicted octanol–water partition coefficient (Wildman–Crippen LogP) is 1.13. The zero-order valence-electron chi connectivity index (χ0n) is 9.43. The van der Waals surface area contributed by atoms with Gasteiger partial charge in [-0.1, -0.05) is 6.07 Å². The molecule has 0 spiro atoms. The number of nitrogens with zero attached hydrogens (tertiary/aromatic N) is 4. The SMILES string of the molecule is Cc1ccc2nc(NC(=O)N(C)C)nn2c1. The summed E-state index contributed by atoms with van der Waals surface area (Å²) in [4.78, 5) is 17.0. The molecule has 0 aliphatic carbocycles. The summed E-state index contributed by atoms with van der Waals surface area (Å²) in [5.41, 5.74) is 1.79. The van der Waals surface area contributed by atoms with E-state index >= 15 is 0 Å². The van der Waals surface area contributed by atoms with Crippen LogP contribution in [-0.2, 0) is 0 Å². The third kappa shape index (κ3) is 1.95. The van der Waals surface area contributed by atoms with Gasteiger partial charge in [0.15, 0.2) is 5.65 Å². The normalized spacial score (nSPS) is 10.4. The Labute approximate surface area is 92.9 Å². The largest absolute Gasteiger partial charge is 0.331 e. The van der Waals surface area contributed by atoms with Gasteiger partial charge in [-0.15, -0.1) is 5.10 Å². The van der Waals surface area contributed by atoms with Crippen LogP contribution in [0.4, 0.5) is 10.7 Å². The van der Waals surface area contributed by atoms with Crippen LogP contribution in [0.3, 0.4) is 0 Å². The third-order valence-electron chi connectivity index (χ3n) is 2.10. The molecule has 6 heteroatoms. The van der Waals surface area contributed by atoms with Gasteiger partial charge in [0.05, 0.1) is 0 Å². The first-order valence-corrected chi connectivity index (χ1v) is 4.87. The van der Waals surface area contributed by atoms with Crippen molar-refractivity contribution >= 4 is 17.6 Å². The van der Waals surface area contributed by atoms with Gasteiger partial charge < -0.3 is 4.90 Å². The number of pyridine rings is 1. The lowest BCUT2D eigenvalue weighted by molar-refractivity contribution is 0.230. The topological polar surface area (TPSA) is 62.5 Å². The lowest BCUT2D eigenvalue weighted by atomic mass is 10.3. The number of carbonyl (C=O) groups excluding carboxylic acids is 1. The summed E-state index contributed by atoms with van der Waals surface area (Å²) in [7, 11) is 3.32. The molecule has 0 saturated carbocycles. The molecule has 0 aliphatic rings. The Morgan fingerprint density at radius 3 is 2.88 bits per heavy atom. The fourth-order valence-corrected chi connectivity index (χ4v) is 1.25. The first kappa shape index (κ1) is 10.4. The minimum Gasteiger partial charge on any atom is -0.331 e. The first-order valence-electron chi connectivity index (χ1n) is 4.87. The fourth-order valence-electron chi connectivity index (χ4n) is 1.25. The highest BCUT2D eigenvalue weighted by Crippen LogP contribution is 2.07. The van der Waals surface area contributed by atoms with Crippen LogP contribution in [0.5, 0.6) is 0 Å². The minimum absolute atomic E-state index is 0.243. The zero-order chi connectivity index (χ0) is 11.7. The molecule has 2 aromatic heterocycles. The van der Waals surface area contributed by atoms with Gasteiger partial charge in [0.2, 0.25) is 0 Å². The van der Waals surface area contributed by atoms with Crippen molar-refractivity contribution in [3.63, 3.8) is 0 Å². The number of nitrogens with one attached hydrogen (secondary N) is 1. The Balaban J connectivity index is 2.29. The molecule has 0 atom stereocenters. The van der Waals surface area contributed by atoms with E-state index in [2.05, 4.69) is 15.4 Å². The van der Waals surface area contributed by atoms with Crippen LogP contribution in [0.1, 0.15) is 5.56 Å². The number of carbonyl (C=O) groups is 1. The highest BCUT2D eigenvalue weighted by Gasteiger charge is 2.08. The maximum Gasteiger partial charge on any atom is 0.323 e. The summed E-state index contributed by atoms with van der Waals surface area (Å²) >= 11 is 0. The van der Waals surface area contributed by atoms with Crippen molar-refractivity contribution in [1.82, 2.24) is 19.5 Å². The van der Waals surface area contributed by atoms with Gasteiger partial charge in [0.25, 0.3) is 5.95 Å². The fraction of sp³-hybridized carbons (Fsp3) is 0.300. The molecule has 0 radical (unpaired) electrons. The van der Waals surface area contributed by atoms with Gasteiger partial charge in [-0.3, -0.25) is 5.32 Å². The van der Waals surface area contributed by atoms with Gasteiger partial charge in [-0.05, 0) is 18.6 Å². The number of hydrogen-bond acceptors (Lipinski definition) is 3. The van der Waals surface area contributed by atoms with Crippen molar-refractivity contribution in [2.75, 3.05) is 19.4 Å². The van der Waals surface area contributed by atoms with Gasteiger partial charge in [-0.25, -0.2) is 9.31 Å². The summed E-state index contributed by atoms with van der Waals surface area (Å²) in [6.45, 7) is 1.97. The van der Waals surface area contributed by atoms with Crippen molar-refractivity contribution in [3.05, 3.63) is 23.9 Å². The monoisotopic (exact) mass is 219 g/mol. The van der Waals surface area contributed by atoms with E-state index in [1.165, 1.54) is 4.90 Å². The summed E-state index contributed by atoms with van der Waals surface area (Å²) in [5.74, 6) is 0.310. The van der Waals surface area contributed by atoms with Crippen LogP contribution >= 0.6 is 0 Å². The average Bonchev–Trinajstić information content (AvgIpc) is 2.58. The Morgan fingerprint density at radius 1 is 1.44 bits per heavy atom. The van der Waals surface area contributed by atoms with E-state index < -0.39 is 0 Å². The van der Waals surface area contributed by atoms with Crippen LogP contribution < -0.4 is 5.32 Å². The molecular formula is C10H13N5O. The van der Waals surface area contributed by atoms with Crippen molar-refractivity contribution in [1.29, 1.82) is 0 Å². The maximum absolute atomic E-state index is 11.4. The predicted molar refractivity (Wildman–Crippen MR) is 60.4 cm³/mol. The number of hydrogen-bond donors (Lipinski definition) is 1. The Kier molecular flexibility index (Phi) is 2.47. The lowest BCUT2D eigenvalue weighted by Gasteiger charge is -2.08. The number of anilines is 1. The van der Waals surface area contributed by atoms with Crippen molar-refractivity contribution in [3.8, 4) is 0 Å². The molecule has 2 aromatic rings. The standard InChI is InChI=1S/C10H13N5O/c1-7-4-5-8-11-9(13-15(8)6-7)12-10(16)14(2)3/h4-6H,1-3H3,(H,12,13,16). The second-order valence-electron chi connectivity index (χ2n) is 3.77. The van der Waals surface area contributed by atoms with Crippen LogP contribution in [-0.4, -0.2) is 39.6 Å². The number of aromatic nitrogens is 3. The van der Waals surface area contributed by atoms with E-state index in [1.807, 2.05) is 25.3 Å². The second-order valence-corrected chi connectivity index (χ2v) is 3.77. The van der Waals surface area contributed by atoms with Gasteiger partial charge in [0.1, 0.15) is 0 Å². The molecule has 0 unspecified atom stereocenters. The molecule has 2 rings (SSSR count). The molecule has 0 aliphatic heterocycles. The van der Waals surface area contributed by atoms with Crippen LogP contribution in [0.15, 0.2) is 18.3 Å². The Bertz CT molecular complexity index is 531. The van der Waals surface area contributed by atoms with Gasteiger partial charge in [-0.2, -0.15) is 4.98 Å². The molecular weight excluding hydrogens is 206 g/mol. The third-order valence-corrected chi connectivity index (χ3v) is 2.10. The highest BCUT2D eigenvalue weighted by atomic mass is 16.2. The molecule has 0 saturated heterocycles.